The van der Waals surface area contributed by atoms with Crippen LogP contribution >= 0.6 is 11.6 Å². The van der Waals surface area contributed by atoms with Crippen LogP contribution in [0.5, 0.6) is 0 Å². The minimum atomic E-state index is -3.86. The second-order valence-corrected chi connectivity index (χ2v) is 9.87. The molecule has 1 aromatic carbocycles. The number of anilines is 2. The highest BCUT2D eigenvalue weighted by molar-refractivity contribution is 7.92. The quantitative estimate of drug-likeness (QED) is 0.462. The molecule has 0 bridgehead atoms. The maximum absolute atomic E-state index is 12.5. The maximum atomic E-state index is 12.5. The van der Waals surface area contributed by atoms with E-state index in [9.17, 15) is 8.42 Å². The number of rotatable bonds is 7. The third kappa shape index (κ3) is 6.25. The highest BCUT2D eigenvalue weighted by Crippen LogP contribution is 2.23. The van der Waals surface area contributed by atoms with Crippen LogP contribution in [0.15, 0.2) is 53.7 Å². The number of nitrogens with two attached hydrogens (primary N) is 1. The average Bonchev–Trinajstić information content (AvgIpc) is 2.81. The van der Waals surface area contributed by atoms with Crippen molar-refractivity contribution in [2.24, 2.45) is 5.73 Å². The van der Waals surface area contributed by atoms with Crippen LogP contribution in [0.25, 0.3) is 12.2 Å². The lowest BCUT2D eigenvalue weighted by Gasteiger charge is -2.26. The monoisotopic (exact) mass is 485 g/mol. The SMILES string of the molecule is NC1CCC(Nc2ncc(/C=C/c3ccc(NS(=O)(=O)c4ccccc4Cl)nn3)cn2)CC1. The summed E-state index contributed by atoms with van der Waals surface area (Å²) in [4.78, 5) is 8.71. The molecule has 0 saturated heterocycles. The van der Waals surface area contributed by atoms with E-state index in [4.69, 9.17) is 17.3 Å². The molecular weight excluding hydrogens is 462 g/mol. The predicted molar refractivity (Wildman–Crippen MR) is 129 cm³/mol. The van der Waals surface area contributed by atoms with Gasteiger partial charge in [-0.15, -0.1) is 10.2 Å². The van der Waals surface area contributed by atoms with Crippen LogP contribution in [0.3, 0.4) is 0 Å². The highest BCUT2D eigenvalue weighted by atomic mass is 35.5. The molecule has 0 atom stereocenters. The van der Waals surface area contributed by atoms with Gasteiger partial charge in [0.1, 0.15) is 4.90 Å². The Morgan fingerprint density at radius 3 is 2.36 bits per heavy atom. The summed E-state index contributed by atoms with van der Waals surface area (Å²) >= 11 is 5.98. The van der Waals surface area contributed by atoms with Gasteiger partial charge in [0, 0.05) is 30.0 Å². The summed E-state index contributed by atoms with van der Waals surface area (Å²) in [5.74, 6) is 0.692. The Labute approximate surface area is 197 Å². The van der Waals surface area contributed by atoms with Crippen LogP contribution in [0, 0.1) is 0 Å². The number of nitrogens with one attached hydrogen (secondary N) is 2. The lowest BCUT2D eigenvalue weighted by molar-refractivity contribution is 0.410. The number of hydrogen-bond acceptors (Lipinski definition) is 8. The lowest BCUT2D eigenvalue weighted by Crippen LogP contribution is -2.33. The van der Waals surface area contributed by atoms with Gasteiger partial charge in [-0.2, -0.15) is 0 Å². The van der Waals surface area contributed by atoms with E-state index in [2.05, 4.69) is 30.2 Å². The molecular formula is C22H24ClN7O2S. The molecule has 11 heteroatoms. The van der Waals surface area contributed by atoms with Gasteiger partial charge in [0.25, 0.3) is 10.0 Å². The molecule has 3 aromatic rings. The van der Waals surface area contributed by atoms with Gasteiger partial charge in [0.15, 0.2) is 5.82 Å². The summed E-state index contributed by atoms with van der Waals surface area (Å²) in [6.07, 6.45) is 11.1. The summed E-state index contributed by atoms with van der Waals surface area (Å²) in [6.45, 7) is 0. The third-order valence-corrected chi connectivity index (χ3v) is 7.13. The third-order valence-electron chi connectivity index (χ3n) is 5.27. The molecule has 0 unspecified atom stereocenters. The minimum Gasteiger partial charge on any atom is -0.351 e. The normalized spacial score (nSPS) is 18.8. The molecule has 0 radical (unpaired) electrons. The molecule has 2 aromatic heterocycles. The minimum absolute atomic E-state index is 0.0255. The molecule has 1 aliphatic carbocycles. The summed E-state index contributed by atoms with van der Waals surface area (Å²) in [6, 6.07) is 10.0. The second kappa shape index (κ2) is 10.2. The summed E-state index contributed by atoms with van der Waals surface area (Å²) < 4.78 is 27.3. The van der Waals surface area contributed by atoms with Gasteiger partial charge < -0.3 is 11.1 Å². The van der Waals surface area contributed by atoms with Crippen LogP contribution < -0.4 is 15.8 Å². The van der Waals surface area contributed by atoms with Gasteiger partial charge in [0.2, 0.25) is 5.95 Å². The first kappa shape index (κ1) is 23.1. The van der Waals surface area contributed by atoms with Gasteiger partial charge in [-0.05, 0) is 62.1 Å². The van der Waals surface area contributed by atoms with E-state index in [-0.39, 0.29) is 15.7 Å². The van der Waals surface area contributed by atoms with Crippen LogP contribution in [0.2, 0.25) is 5.02 Å². The Bertz CT molecular complexity index is 1210. The number of nitrogens with zero attached hydrogens (tertiary/aromatic N) is 4. The molecule has 2 heterocycles. The predicted octanol–water partition coefficient (Wildman–Crippen LogP) is 3.57. The Morgan fingerprint density at radius 2 is 1.70 bits per heavy atom. The Balaban J connectivity index is 1.35. The average molecular weight is 486 g/mol. The Kier molecular flexibility index (Phi) is 7.17. The summed E-state index contributed by atoms with van der Waals surface area (Å²) in [5, 5.41) is 11.4. The van der Waals surface area contributed by atoms with Crippen molar-refractivity contribution in [3.05, 3.63) is 65.1 Å². The fourth-order valence-electron chi connectivity index (χ4n) is 3.47. The first-order chi connectivity index (χ1) is 15.9. The lowest BCUT2D eigenvalue weighted by atomic mass is 9.92. The largest absolute Gasteiger partial charge is 0.351 e. The van der Waals surface area contributed by atoms with Crippen molar-refractivity contribution in [2.75, 3.05) is 10.0 Å². The molecule has 1 fully saturated rings. The molecule has 9 nitrogen and oxygen atoms in total. The van der Waals surface area contributed by atoms with E-state index in [1.165, 1.54) is 18.2 Å². The van der Waals surface area contributed by atoms with E-state index in [1.54, 1.807) is 42.7 Å². The number of hydrogen-bond donors (Lipinski definition) is 3. The maximum Gasteiger partial charge on any atom is 0.264 e. The van der Waals surface area contributed by atoms with Crippen molar-refractivity contribution in [2.45, 2.75) is 42.7 Å². The Morgan fingerprint density at radius 1 is 0.970 bits per heavy atom. The highest BCUT2D eigenvalue weighted by Gasteiger charge is 2.19. The fourth-order valence-corrected chi connectivity index (χ4v) is 4.98. The first-order valence-electron chi connectivity index (χ1n) is 10.5. The van der Waals surface area contributed by atoms with E-state index in [0.717, 1.165) is 31.2 Å². The van der Waals surface area contributed by atoms with Crippen molar-refractivity contribution in [3.8, 4) is 0 Å². The molecule has 0 amide bonds. The molecule has 172 valence electrons. The van der Waals surface area contributed by atoms with Crippen molar-refractivity contribution in [1.29, 1.82) is 0 Å². The topological polar surface area (TPSA) is 136 Å². The van der Waals surface area contributed by atoms with Gasteiger partial charge >= 0.3 is 0 Å². The number of halogens is 1. The van der Waals surface area contributed by atoms with Gasteiger partial charge in [-0.1, -0.05) is 23.7 Å². The van der Waals surface area contributed by atoms with Crippen molar-refractivity contribution < 1.29 is 8.42 Å². The molecule has 4 N–H and O–H groups in total. The van der Waals surface area contributed by atoms with Crippen molar-refractivity contribution in [3.63, 3.8) is 0 Å². The smallest absolute Gasteiger partial charge is 0.264 e. The Hall–Kier alpha value is -3.08. The van der Waals surface area contributed by atoms with E-state index >= 15 is 0 Å². The number of benzene rings is 1. The van der Waals surface area contributed by atoms with Crippen LogP contribution in [0.4, 0.5) is 11.8 Å². The number of aromatic nitrogens is 4. The molecule has 33 heavy (non-hydrogen) atoms. The summed E-state index contributed by atoms with van der Waals surface area (Å²) in [5.41, 5.74) is 7.30. The van der Waals surface area contributed by atoms with Gasteiger partial charge in [-0.3, -0.25) is 4.72 Å². The summed E-state index contributed by atoms with van der Waals surface area (Å²) in [7, 11) is -3.86. The van der Waals surface area contributed by atoms with Crippen molar-refractivity contribution >= 4 is 45.5 Å². The standard InChI is InChI=1S/C22H24ClN7O2S/c23-19-3-1-2-4-20(19)33(31,32)30-21-12-11-18(28-29-21)8-5-15-13-25-22(26-14-15)27-17-9-6-16(24)7-10-17/h1-5,8,11-14,16-17H,6-7,9-10,24H2,(H,29,30)(H,25,26,27)/b8-5+. The van der Waals surface area contributed by atoms with Crippen molar-refractivity contribution in [1.82, 2.24) is 20.2 Å². The van der Waals surface area contributed by atoms with Crippen LogP contribution in [-0.2, 0) is 10.0 Å². The fraction of sp³-hybridized carbons (Fsp3) is 0.273. The molecule has 1 saturated carbocycles. The van der Waals surface area contributed by atoms with E-state index < -0.39 is 10.0 Å². The second-order valence-electron chi connectivity index (χ2n) is 7.81. The zero-order valence-electron chi connectivity index (χ0n) is 17.7. The van der Waals surface area contributed by atoms with E-state index in [0.29, 0.717) is 23.7 Å². The zero-order chi connectivity index (χ0) is 23.3. The van der Waals surface area contributed by atoms with E-state index in [1.807, 2.05) is 0 Å². The zero-order valence-corrected chi connectivity index (χ0v) is 19.3. The molecule has 0 aliphatic heterocycles. The van der Waals surface area contributed by atoms with Gasteiger partial charge in [0.05, 0.1) is 10.7 Å². The van der Waals surface area contributed by atoms with Crippen LogP contribution in [0.1, 0.15) is 36.9 Å². The molecule has 4 rings (SSSR count). The number of sulfonamides is 1. The molecule has 0 spiro atoms. The first-order valence-corrected chi connectivity index (χ1v) is 12.4. The van der Waals surface area contributed by atoms with Crippen LogP contribution in [-0.4, -0.2) is 40.7 Å². The molecule has 1 aliphatic rings. The van der Waals surface area contributed by atoms with Gasteiger partial charge in [-0.25, -0.2) is 18.4 Å².